The fourth-order valence-corrected chi connectivity index (χ4v) is 6.07. The molecule has 6 heteroatoms. The predicted molar refractivity (Wildman–Crippen MR) is 110 cm³/mol. The van der Waals surface area contributed by atoms with Gasteiger partial charge >= 0.3 is 0 Å². The summed E-state index contributed by atoms with van der Waals surface area (Å²) in [6, 6.07) is 21.1. The van der Waals surface area contributed by atoms with E-state index in [0.717, 1.165) is 13.1 Å². The number of rotatable bonds is 4. The van der Waals surface area contributed by atoms with Crippen LogP contribution in [0.5, 0.6) is 0 Å². The summed E-state index contributed by atoms with van der Waals surface area (Å²) in [6.07, 6.45) is 0.470. The molecule has 0 bridgehead atoms. The molecule has 0 N–H and O–H groups in total. The van der Waals surface area contributed by atoms with Gasteiger partial charge in [0, 0.05) is 26.2 Å². The molecule has 4 rings (SSSR count). The molecule has 1 amide bonds. The first kappa shape index (κ1) is 19.2. The maximum Gasteiger partial charge on any atom is 0.226 e. The molecule has 2 heterocycles. The van der Waals surface area contributed by atoms with Gasteiger partial charge in [-0.2, -0.15) is 0 Å². The highest BCUT2D eigenvalue weighted by Crippen LogP contribution is 2.30. The van der Waals surface area contributed by atoms with E-state index in [2.05, 4.69) is 53.4 Å². The van der Waals surface area contributed by atoms with Gasteiger partial charge in [0.15, 0.2) is 9.84 Å². The largest absolute Gasteiger partial charge is 0.340 e. The molecule has 1 atom stereocenters. The number of carbonyl (C=O) groups is 1. The van der Waals surface area contributed by atoms with Gasteiger partial charge in [0.2, 0.25) is 5.91 Å². The normalized spacial score (nSPS) is 22.5. The van der Waals surface area contributed by atoms with E-state index in [4.69, 9.17) is 0 Å². The van der Waals surface area contributed by atoms with Crippen LogP contribution in [-0.2, 0) is 14.6 Å². The number of hydrogen-bond acceptors (Lipinski definition) is 4. The monoisotopic (exact) mass is 398 g/mol. The Morgan fingerprint density at radius 3 is 1.86 bits per heavy atom. The molecule has 2 fully saturated rings. The fraction of sp³-hybridized carbons (Fsp3) is 0.409. The highest BCUT2D eigenvalue weighted by molar-refractivity contribution is 7.91. The number of hydrogen-bond donors (Lipinski definition) is 0. The number of amides is 1. The Morgan fingerprint density at radius 2 is 1.39 bits per heavy atom. The van der Waals surface area contributed by atoms with Crippen molar-refractivity contribution in [3.05, 3.63) is 71.8 Å². The fourth-order valence-electron chi connectivity index (χ4n) is 4.33. The Labute approximate surface area is 166 Å². The third-order valence-electron chi connectivity index (χ3n) is 5.80. The minimum absolute atomic E-state index is 0.0108. The van der Waals surface area contributed by atoms with Gasteiger partial charge in [0.05, 0.1) is 23.5 Å². The standard InChI is InChI=1S/C22H26N2O3S/c25-22(20-11-16-28(26,27)17-20)24-14-12-23(13-15-24)21(18-7-3-1-4-8-18)19-9-5-2-6-10-19/h1-10,20-21H,11-17H2/t20-/m1/s1. The minimum atomic E-state index is -3.03. The van der Waals surface area contributed by atoms with Crippen molar-refractivity contribution in [2.45, 2.75) is 12.5 Å². The number of carbonyl (C=O) groups excluding carboxylic acids is 1. The van der Waals surface area contributed by atoms with Gasteiger partial charge in [-0.05, 0) is 17.5 Å². The second-order valence-electron chi connectivity index (χ2n) is 7.69. The maximum absolute atomic E-state index is 12.7. The lowest BCUT2D eigenvalue weighted by atomic mass is 9.96. The van der Waals surface area contributed by atoms with Crippen molar-refractivity contribution in [3.63, 3.8) is 0 Å². The average Bonchev–Trinajstić information content (AvgIpc) is 3.10. The van der Waals surface area contributed by atoms with Crippen LogP contribution in [-0.4, -0.2) is 61.8 Å². The summed E-state index contributed by atoms with van der Waals surface area (Å²) in [7, 11) is -3.03. The average molecular weight is 399 g/mol. The zero-order valence-corrected chi connectivity index (χ0v) is 16.7. The van der Waals surface area contributed by atoms with Crippen molar-refractivity contribution in [1.29, 1.82) is 0 Å². The molecule has 2 aliphatic heterocycles. The van der Waals surface area contributed by atoms with Crippen LogP contribution in [0.3, 0.4) is 0 Å². The van der Waals surface area contributed by atoms with E-state index in [1.54, 1.807) is 0 Å². The van der Waals surface area contributed by atoms with Crippen LogP contribution in [0.25, 0.3) is 0 Å². The lowest BCUT2D eigenvalue weighted by Gasteiger charge is -2.40. The smallest absolute Gasteiger partial charge is 0.226 e. The molecule has 2 aromatic rings. The van der Waals surface area contributed by atoms with Crippen LogP contribution in [0.4, 0.5) is 0 Å². The SMILES string of the molecule is O=C([C@@H]1CCS(=O)(=O)C1)N1CCN(C(c2ccccc2)c2ccccc2)CC1. The summed E-state index contributed by atoms with van der Waals surface area (Å²) >= 11 is 0. The van der Waals surface area contributed by atoms with Crippen molar-refractivity contribution in [2.75, 3.05) is 37.7 Å². The molecule has 0 unspecified atom stereocenters. The van der Waals surface area contributed by atoms with E-state index < -0.39 is 9.84 Å². The highest BCUT2D eigenvalue weighted by atomic mass is 32.2. The van der Waals surface area contributed by atoms with Crippen LogP contribution in [0.1, 0.15) is 23.6 Å². The molecule has 28 heavy (non-hydrogen) atoms. The maximum atomic E-state index is 12.7. The Kier molecular flexibility index (Phi) is 5.51. The van der Waals surface area contributed by atoms with E-state index in [-0.39, 0.29) is 29.4 Å². The van der Waals surface area contributed by atoms with Crippen molar-refractivity contribution in [3.8, 4) is 0 Å². The van der Waals surface area contributed by atoms with E-state index in [1.165, 1.54) is 11.1 Å². The van der Waals surface area contributed by atoms with E-state index >= 15 is 0 Å². The van der Waals surface area contributed by atoms with Crippen LogP contribution in [0.2, 0.25) is 0 Å². The Morgan fingerprint density at radius 1 is 0.857 bits per heavy atom. The van der Waals surface area contributed by atoms with Crippen LogP contribution < -0.4 is 0 Å². The molecule has 5 nitrogen and oxygen atoms in total. The predicted octanol–water partition coefficient (Wildman–Crippen LogP) is 2.35. The van der Waals surface area contributed by atoms with Crippen molar-refractivity contribution in [1.82, 2.24) is 9.80 Å². The van der Waals surface area contributed by atoms with E-state index in [1.807, 2.05) is 17.0 Å². The zero-order chi connectivity index (χ0) is 19.6. The summed E-state index contributed by atoms with van der Waals surface area (Å²) in [5.41, 5.74) is 2.49. The van der Waals surface area contributed by atoms with Gasteiger partial charge in [-0.1, -0.05) is 60.7 Å². The van der Waals surface area contributed by atoms with E-state index in [9.17, 15) is 13.2 Å². The van der Waals surface area contributed by atoms with Gasteiger partial charge in [0.1, 0.15) is 0 Å². The van der Waals surface area contributed by atoms with Gasteiger partial charge < -0.3 is 4.90 Å². The molecule has 0 spiro atoms. The minimum Gasteiger partial charge on any atom is -0.340 e. The molecular formula is C22H26N2O3S. The molecule has 2 aliphatic rings. The summed E-state index contributed by atoms with van der Waals surface area (Å²) < 4.78 is 23.4. The Hall–Kier alpha value is -2.18. The lowest BCUT2D eigenvalue weighted by Crippen LogP contribution is -2.51. The second kappa shape index (κ2) is 8.05. The molecule has 148 valence electrons. The first-order valence-corrected chi connectivity index (χ1v) is 11.7. The van der Waals surface area contributed by atoms with Gasteiger partial charge in [0.25, 0.3) is 0 Å². The first-order valence-electron chi connectivity index (χ1n) is 9.87. The number of piperazine rings is 1. The van der Waals surface area contributed by atoms with Gasteiger partial charge in [-0.25, -0.2) is 8.42 Å². The van der Waals surface area contributed by atoms with Crippen LogP contribution in [0, 0.1) is 5.92 Å². The Balaban J connectivity index is 1.47. The topological polar surface area (TPSA) is 57.7 Å². The third kappa shape index (κ3) is 4.13. The van der Waals surface area contributed by atoms with Gasteiger partial charge in [-0.3, -0.25) is 9.69 Å². The summed E-state index contributed by atoms with van der Waals surface area (Å²) in [5.74, 6) is -0.178. The van der Waals surface area contributed by atoms with Crippen LogP contribution >= 0.6 is 0 Å². The van der Waals surface area contributed by atoms with Crippen molar-refractivity contribution < 1.29 is 13.2 Å². The second-order valence-corrected chi connectivity index (χ2v) is 9.91. The summed E-state index contributed by atoms with van der Waals surface area (Å²) in [6.45, 7) is 2.84. The first-order chi connectivity index (χ1) is 13.5. The van der Waals surface area contributed by atoms with Crippen molar-refractivity contribution in [2.24, 2.45) is 5.92 Å². The summed E-state index contributed by atoms with van der Waals surface area (Å²) in [5, 5.41) is 0. The molecule has 0 aliphatic carbocycles. The van der Waals surface area contributed by atoms with Gasteiger partial charge in [-0.15, -0.1) is 0 Å². The molecule has 2 aromatic carbocycles. The van der Waals surface area contributed by atoms with Crippen molar-refractivity contribution >= 4 is 15.7 Å². The number of nitrogens with zero attached hydrogens (tertiary/aromatic N) is 2. The Bertz CT molecular complexity index is 868. The van der Waals surface area contributed by atoms with E-state index in [0.29, 0.717) is 19.5 Å². The molecule has 0 radical (unpaired) electrons. The molecular weight excluding hydrogens is 372 g/mol. The number of sulfone groups is 1. The number of benzene rings is 2. The zero-order valence-electron chi connectivity index (χ0n) is 15.9. The van der Waals surface area contributed by atoms with Crippen LogP contribution in [0.15, 0.2) is 60.7 Å². The molecule has 0 saturated carbocycles. The third-order valence-corrected chi connectivity index (χ3v) is 7.57. The summed E-state index contributed by atoms with van der Waals surface area (Å²) in [4.78, 5) is 17.0. The highest BCUT2D eigenvalue weighted by Gasteiger charge is 2.37. The lowest BCUT2D eigenvalue weighted by molar-refractivity contribution is -0.136. The quantitative estimate of drug-likeness (QED) is 0.793. The molecule has 0 aromatic heterocycles. The molecule has 2 saturated heterocycles.